The van der Waals surface area contributed by atoms with Crippen molar-refractivity contribution in [1.82, 2.24) is 14.8 Å². The van der Waals surface area contributed by atoms with Crippen LogP contribution in [0.5, 0.6) is 0 Å². The van der Waals surface area contributed by atoms with Gasteiger partial charge >= 0.3 is 0 Å². The van der Waals surface area contributed by atoms with Crippen LogP contribution in [0.4, 0.5) is 5.69 Å². The highest BCUT2D eigenvalue weighted by Gasteiger charge is 2.24. The average Bonchev–Trinajstić information content (AvgIpc) is 3.04. The number of carbonyl (C=O) groups excluding carboxylic acids is 2. The third kappa shape index (κ3) is 4.35. The third-order valence-corrected chi connectivity index (χ3v) is 6.33. The molecular weight excluding hydrogens is 388 g/mol. The van der Waals surface area contributed by atoms with Crippen molar-refractivity contribution in [2.45, 2.75) is 27.7 Å². The van der Waals surface area contributed by atoms with Gasteiger partial charge in [0.05, 0.1) is 6.54 Å². The van der Waals surface area contributed by atoms with Crippen molar-refractivity contribution in [2.24, 2.45) is 0 Å². The summed E-state index contributed by atoms with van der Waals surface area (Å²) in [5, 5.41) is 4.15. The lowest BCUT2D eigenvalue weighted by molar-refractivity contribution is -0.117. The highest BCUT2D eigenvalue weighted by molar-refractivity contribution is 5.99. The number of hydrogen-bond acceptors (Lipinski definition) is 3. The van der Waals surface area contributed by atoms with Crippen LogP contribution in [0.3, 0.4) is 0 Å². The zero-order chi connectivity index (χ0) is 22.1. The SMILES string of the molecule is Cc1cccc(C)c1NC(=O)CN1CCN(C(=O)c2ccc3[nH]c(C)c(C)c3c2)CC1. The Morgan fingerprint density at radius 3 is 2.32 bits per heavy atom. The summed E-state index contributed by atoms with van der Waals surface area (Å²) in [7, 11) is 0. The summed E-state index contributed by atoms with van der Waals surface area (Å²) >= 11 is 0. The Morgan fingerprint density at radius 2 is 1.65 bits per heavy atom. The van der Waals surface area contributed by atoms with Crippen LogP contribution >= 0.6 is 0 Å². The highest BCUT2D eigenvalue weighted by atomic mass is 16.2. The maximum atomic E-state index is 13.0. The first-order valence-electron chi connectivity index (χ1n) is 10.8. The van der Waals surface area contributed by atoms with E-state index in [1.54, 1.807) is 0 Å². The second-order valence-electron chi connectivity index (χ2n) is 8.52. The molecule has 0 radical (unpaired) electrons. The minimum Gasteiger partial charge on any atom is -0.358 e. The van der Waals surface area contributed by atoms with Crippen LogP contribution in [0.1, 0.15) is 32.7 Å². The summed E-state index contributed by atoms with van der Waals surface area (Å²) in [4.78, 5) is 32.9. The molecule has 1 saturated heterocycles. The molecule has 1 aromatic heterocycles. The number of carbonyl (C=O) groups is 2. The zero-order valence-corrected chi connectivity index (χ0v) is 18.7. The van der Waals surface area contributed by atoms with E-state index in [-0.39, 0.29) is 11.8 Å². The van der Waals surface area contributed by atoms with Gasteiger partial charge in [-0.1, -0.05) is 18.2 Å². The Balaban J connectivity index is 1.34. The first-order valence-corrected chi connectivity index (χ1v) is 10.8. The molecule has 0 spiro atoms. The van der Waals surface area contributed by atoms with Crippen molar-refractivity contribution in [3.63, 3.8) is 0 Å². The van der Waals surface area contributed by atoms with E-state index >= 15 is 0 Å². The maximum Gasteiger partial charge on any atom is 0.253 e. The van der Waals surface area contributed by atoms with Crippen LogP contribution in [0, 0.1) is 27.7 Å². The van der Waals surface area contributed by atoms with Gasteiger partial charge in [0.25, 0.3) is 5.91 Å². The fourth-order valence-corrected chi connectivity index (χ4v) is 4.28. The molecular formula is C25H30N4O2. The number of H-pyrrole nitrogens is 1. The van der Waals surface area contributed by atoms with Crippen LogP contribution < -0.4 is 5.32 Å². The van der Waals surface area contributed by atoms with Gasteiger partial charge < -0.3 is 15.2 Å². The van der Waals surface area contributed by atoms with Crippen LogP contribution in [-0.4, -0.2) is 59.3 Å². The van der Waals surface area contributed by atoms with E-state index in [9.17, 15) is 9.59 Å². The standard InChI is InChI=1S/C25H30N4O2/c1-16-6-5-7-17(2)24(16)27-23(30)15-28-10-12-29(13-11-28)25(31)20-8-9-22-21(14-20)18(3)19(4)26-22/h5-9,14,26H,10-13,15H2,1-4H3,(H,27,30). The highest BCUT2D eigenvalue weighted by Crippen LogP contribution is 2.23. The quantitative estimate of drug-likeness (QED) is 0.677. The summed E-state index contributed by atoms with van der Waals surface area (Å²) in [6, 6.07) is 11.9. The molecule has 2 heterocycles. The molecule has 2 amide bonds. The molecule has 0 aliphatic carbocycles. The normalized spacial score (nSPS) is 14.8. The molecule has 1 aliphatic heterocycles. The second kappa shape index (κ2) is 8.55. The number of amides is 2. The Kier molecular flexibility index (Phi) is 5.83. The smallest absolute Gasteiger partial charge is 0.253 e. The van der Waals surface area contributed by atoms with Crippen LogP contribution in [0.2, 0.25) is 0 Å². The molecule has 6 heteroatoms. The summed E-state index contributed by atoms with van der Waals surface area (Å²) in [5.74, 6) is 0.0423. The minimum absolute atomic E-state index is 0.0130. The number of aryl methyl sites for hydroxylation is 4. The zero-order valence-electron chi connectivity index (χ0n) is 18.7. The largest absolute Gasteiger partial charge is 0.358 e. The number of benzene rings is 2. The molecule has 0 unspecified atom stereocenters. The molecule has 4 rings (SSSR count). The number of aromatic nitrogens is 1. The van der Waals surface area contributed by atoms with Gasteiger partial charge in [0, 0.05) is 54.0 Å². The number of rotatable bonds is 4. The number of anilines is 1. The number of nitrogens with zero attached hydrogens (tertiary/aromatic N) is 2. The van der Waals surface area contributed by atoms with Crippen molar-refractivity contribution in [3.05, 3.63) is 64.3 Å². The molecule has 1 fully saturated rings. The van der Waals surface area contributed by atoms with Crippen LogP contribution in [0.25, 0.3) is 10.9 Å². The monoisotopic (exact) mass is 418 g/mol. The van der Waals surface area contributed by atoms with Gasteiger partial charge in [-0.15, -0.1) is 0 Å². The van der Waals surface area contributed by atoms with Crippen LogP contribution in [0.15, 0.2) is 36.4 Å². The van der Waals surface area contributed by atoms with Gasteiger partial charge in [-0.05, 0) is 62.6 Å². The Labute approximate surface area is 183 Å². The van der Waals surface area contributed by atoms with Crippen molar-refractivity contribution in [3.8, 4) is 0 Å². The minimum atomic E-state index is -0.0130. The number of nitrogens with one attached hydrogen (secondary N) is 2. The lowest BCUT2D eigenvalue weighted by Crippen LogP contribution is -2.50. The van der Waals surface area contributed by atoms with Gasteiger partial charge in [-0.2, -0.15) is 0 Å². The fraction of sp³-hybridized carbons (Fsp3) is 0.360. The van der Waals surface area contributed by atoms with Gasteiger partial charge in [-0.3, -0.25) is 14.5 Å². The third-order valence-electron chi connectivity index (χ3n) is 6.33. The Morgan fingerprint density at radius 1 is 0.968 bits per heavy atom. The van der Waals surface area contributed by atoms with Gasteiger partial charge in [0.1, 0.15) is 0 Å². The molecule has 0 atom stereocenters. The molecule has 162 valence electrons. The lowest BCUT2D eigenvalue weighted by Gasteiger charge is -2.34. The fourth-order valence-electron chi connectivity index (χ4n) is 4.28. The Hall–Kier alpha value is -3.12. The molecule has 2 N–H and O–H groups in total. The predicted molar refractivity (Wildman–Crippen MR) is 125 cm³/mol. The lowest BCUT2D eigenvalue weighted by atomic mass is 10.1. The van der Waals surface area contributed by atoms with E-state index in [1.807, 2.05) is 62.1 Å². The van der Waals surface area contributed by atoms with Crippen molar-refractivity contribution in [1.29, 1.82) is 0 Å². The van der Waals surface area contributed by atoms with E-state index < -0.39 is 0 Å². The van der Waals surface area contributed by atoms with Crippen LogP contribution in [-0.2, 0) is 4.79 Å². The Bertz CT molecular complexity index is 1120. The van der Waals surface area contributed by atoms with E-state index in [4.69, 9.17) is 0 Å². The molecule has 3 aromatic rings. The van der Waals surface area contributed by atoms with E-state index in [1.165, 1.54) is 5.56 Å². The second-order valence-corrected chi connectivity index (χ2v) is 8.52. The first-order chi connectivity index (χ1) is 14.8. The number of para-hydroxylation sites is 1. The summed E-state index contributed by atoms with van der Waals surface area (Å²) in [6.07, 6.45) is 0. The predicted octanol–water partition coefficient (Wildman–Crippen LogP) is 3.80. The summed E-state index contributed by atoms with van der Waals surface area (Å²) in [5.41, 5.74) is 7.12. The van der Waals surface area contributed by atoms with Gasteiger partial charge in [0.15, 0.2) is 0 Å². The summed E-state index contributed by atoms with van der Waals surface area (Å²) < 4.78 is 0. The van der Waals surface area contributed by atoms with Crippen molar-refractivity contribution >= 4 is 28.4 Å². The summed E-state index contributed by atoms with van der Waals surface area (Å²) in [6.45, 7) is 11.1. The molecule has 31 heavy (non-hydrogen) atoms. The molecule has 0 bridgehead atoms. The molecule has 6 nitrogen and oxygen atoms in total. The van der Waals surface area contributed by atoms with Crippen molar-refractivity contribution < 1.29 is 9.59 Å². The van der Waals surface area contributed by atoms with E-state index in [2.05, 4.69) is 22.1 Å². The number of hydrogen-bond donors (Lipinski definition) is 2. The molecule has 1 aliphatic rings. The number of aromatic amines is 1. The molecule has 0 saturated carbocycles. The van der Waals surface area contributed by atoms with Gasteiger partial charge in [-0.25, -0.2) is 0 Å². The number of piperazine rings is 1. The average molecular weight is 419 g/mol. The van der Waals surface area contributed by atoms with Gasteiger partial charge in [0.2, 0.25) is 5.91 Å². The van der Waals surface area contributed by atoms with E-state index in [0.29, 0.717) is 32.7 Å². The van der Waals surface area contributed by atoms with E-state index in [0.717, 1.165) is 39.0 Å². The number of fused-ring (bicyclic) bond motifs is 1. The van der Waals surface area contributed by atoms with Crippen molar-refractivity contribution in [2.75, 3.05) is 38.0 Å². The first kappa shape index (κ1) is 21.1. The molecule has 2 aromatic carbocycles. The maximum absolute atomic E-state index is 13.0. The topological polar surface area (TPSA) is 68.4 Å².